The maximum atomic E-state index is 13.3. The number of phenolic OH excluding ortho intramolecular Hbond substituents is 1. The Hall–Kier alpha value is -3.00. The van der Waals surface area contributed by atoms with Crippen molar-refractivity contribution in [2.75, 3.05) is 19.8 Å². The highest BCUT2D eigenvalue weighted by Gasteiger charge is 2.18. The molecule has 0 radical (unpaired) electrons. The van der Waals surface area contributed by atoms with E-state index >= 15 is 0 Å². The van der Waals surface area contributed by atoms with Gasteiger partial charge in [-0.3, -0.25) is 15.0 Å². The summed E-state index contributed by atoms with van der Waals surface area (Å²) >= 11 is 0. The Morgan fingerprint density at radius 3 is 2.81 bits per heavy atom. The molecule has 2 aromatic rings. The van der Waals surface area contributed by atoms with Gasteiger partial charge in [0, 0.05) is 19.8 Å². The Morgan fingerprint density at radius 1 is 1.31 bits per heavy atom. The Labute approximate surface area is 148 Å². The Bertz CT molecular complexity index is 863. The summed E-state index contributed by atoms with van der Waals surface area (Å²) in [5, 5.41) is 20.0. The fraction of sp³-hybridized carbons (Fsp3) is 0.278. The van der Waals surface area contributed by atoms with Crippen LogP contribution >= 0.6 is 0 Å². The molecule has 0 aliphatic rings. The first-order chi connectivity index (χ1) is 12.4. The topological polar surface area (TPSA) is 113 Å². The van der Waals surface area contributed by atoms with E-state index in [1.165, 1.54) is 6.07 Å². The zero-order valence-electron chi connectivity index (χ0n) is 14.2. The molecule has 138 valence electrons. The highest BCUT2D eigenvalue weighted by Crippen LogP contribution is 2.21. The van der Waals surface area contributed by atoms with Crippen molar-refractivity contribution in [1.29, 1.82) is 5.41 Å². The molecule has 0 bridgehead atoms. The van der Waals surface area contributed by atoms with Crippen molar-refractivity contribution in [1.82, 2.24) is 5.32 Å². The van der Waals surface area contributed by atoms with E-state index in [1.54, 1.807) is 0 Å². The van der Waals surface area contributed by atoms with E-state index in [-0.39, 0.29) is 16.7 Å². The molecule has 0 aliphatic heterocycles. The first kappa shape index (κ1) is 19.3. The van der Waals surface area contributed by atoms with Gasteiger partial charge in [-0.1, -0.05) is 0 Å². The van der Waals surface area contributed by atoms with Crippen LogP contribution in [0.5, 0.6) is 5.75 Å². The van der Waals surface area contributed by atoms with Gasteiger partial charge in [0.1, 0.15) is 23.4 Å². The van der Waals surface area contributed by atoms with Gasteiger partial charge in [0.15, 0.2) is 5.78 Å². The molecular weight excluding hydrogens is 343 g/mol. The van der Waals surface area contributed by atoms with Gasteiger partial charge in [0.2, 0.25) is 5.55 Å². The van der Waals surface area contributed by atoms with Crippen molar-refractivity contribution >= 4 is 11.7 Å². The predicted molar refractivity (Wildman–Crippen MR) is 89.5 cm³/mol. The predicted octanol–water partition coefficient (Wildman–Crippen LogP) is 1.99. The van der Waals surface area contributed by atoms with Gasteiger partial charge in [-0.15, -0.1) is 0 Å². The number of ether oxygens (including phenoxy) is 1. The van der Waals surface area contributed by atoms with Gasteiger partial charge in [0.05, 0.1) is 11.1 Å². The summed E-state index contributed by atoms with van der Waals surface area (Å²) in [6, 6.07) is 4.14. The van der Waals surface area contributed by atoms with Crippen molar-refractivity contribution < 1.29 is 28.2 Å². The molecule has 1 amide bonds. The monoisotopic (exact) mass is 362 g/mol. The summed E-state index contributed by atoms with van der Waals surface area (Å²) in [6.45, 7) is 3.28. The number of benzene rings is 1. The van der Waals surface area contributed by atoms with Crippen LogP contribution in [0.2, 0.25) is 0 Å². The van der Waals surface area contributed by atoms with Gasteiger partial charge in [-0.05, 0) is 37.6 Å². The van der Waals surface area contributed by atoms with Crippen LogP contribution in [0.3, 0.4) is 0 Å². The second-order valence-corrected chi connectivity index (χ2v) is 5.38. The average molecular weight is 362 g/mol. The molecule has 8 heteroatoms. The van der Waals surface area contributed by atoms with Crippen LogP contribution < -0.4 is 10.9 Å². The van der Waals surface area contributed by atoms with E-state index < -0.39 is 28.8 Å². The summed E-state index contributed by atoms with van der Waals surface area (Å²) < 4.78 is 23.4. The fourth-order valence-corrected chi connectivity index (χ4v) is 2.19. The van der Waals surface area contributed by atoms with E-state index in [9.17, 15) is 19.1 Å². The minimum atomic E-state index is -0.726. The number of carbonyl (C=O) groups is 2. The van der Waals surface area contributed by atoms with Gasteiger partial charge in [0.25, 0.3) is 5.91 Å². The summed E-state index contributed by atoms with van der Waals surface area (Å²) in [5.41, 5.74) is -0.891. The maximum absolute atomic E-state index is 13.3. The lowest BCUT2D eigenvalue weighted by Gasteiger charge is -2.07. The molecule has 1 aromatic carbocycles. The second-order valence-electron chi connectivity index (χ2n) is 5.38. The lowest BCUT2D eigenvalue weighted by Crippen LogP contribution is -2.30. The zero-order chi connectivity index (χ0) is 19.1. The van der Waals surface area contributed by atoms with Crippen LogP contribution in [0.25, 0.3) is 0 Å². The van der Waals surface area contributed by atoms with Crippen molar-refractivity contribution in [3.8, 4) is 5.75 Å². The Kier molecular flexibility index (Phi) is 6.62. The highest BCUT2D eigenvalue weighted by atomic mass is 19.1. The molecule has 0 atom stereocenters. The number of aromatic hydroxyl groups is 1. The smallest absolute Gasteiger partial charge is 0.256 e. The van der Waals surface area contributed by atoms with E-state index in [2.05, 4.69) is 5.32 Å². The van der Waals surface area contributed by atoms with Crippen LogP contribution in [0.4, 0.5) is 4.39 Å². The Morgan fingerprint density at radius 2 is 2.08 bits per heavy atom. The number of phenols is 1. The lowest BCUT2D eigenvalue weighted by atomic mass is 10.0. The van der Waals surface area contributed by atoms with Crippen molar-refractivity contribution in [2.24, 2.45) is 0 Å². The van der Waals surface area contributed by atoms with Crippen LogP contribution in [0, 0.1) is 11.2 Å². The molecule has 0 saturated carbocycles. The number of ketones is 1. The molecule has 0 unspecified atom stereocenters. The van der Waals surface area contributed by atoms with Gasteiger partial charge in [-0.2, -0.15) is 0 Å². The number of halogens is 1. The first-order valence-corrected chi connectivity index (χ1v) is 8.00. The number of amides is 1. The van der Waals surface area contributed by atoms with Gasteiger partial charge in [-0.25, -0.2) is 4.39 Å². The van der Waals surface area contributed by atoms with E-state index in [1.807, 2.05) is 6.92 Å². The number of rotatable bonds is 8. The SMILES string of the molecule is CCOCCCNC(=O)c1cc(C(=O)c2cc(F)ccc2O)coc1=N. The number of nitrogens with one attached hydrogen (secondary N) is 2. The largest absolute Gasteiger partial charge is 0.507 e. The summed E-state index contributed by atoms with van der Waals surface area (Å²) in [6.07, 6.45) is 1.58. The van der Waals surface area contributed by atoms with E-state index in [4.69, 9.17) is 14.6 Å². The minimum Gasteiger partial charge on any atom is -0.507 e. The molecule has 1 aromatic heterocycles. The summed E-state index contributed by atoms with van der Waals surface area (Å²) in [4.78, 5) is 24.6. The Balaban J connectivity index is 2.18. The molecule has 0 fully saturated rings. The zero-order valence-corrected chi connectivity index (χ0v) is 14.2. The fourth-order valence-electron chi connectivity index (χ4n) is 2.19. The van der Waals surface area contributed by atoms with Crippen LogP contribution in [-0.4, -0.2) is 36.6 Å². The molecule has 0 spiro atoms. The average Bonchev–Trinajstić information content (AvgIpc) is 2.63. The van der Waals surface area contributed by atoms with Crippen LogP contribution in [-0.2, 0) is 4.74 Å². The maximum Gasteiger partial charge on any atom is 0.256 e. The molecule has 3 N–H and O–H groups in total. The second kappa shape index (κ2) is 8.91. The summed E-state index contributed by atoms with van der Waals surface area (Å²) in [7, 11) is 0. The van der Waals surface area contributed by atoms with E-state index in [0.717, 1.165) is 24.5 Å². The number of hydrogen-bond acceptors (Lipinski definition) is 6. The third-order valence-electron chi connectivity index (χ3n) is 3.51. The van der Waals surface area contributed by atoms with Crippen molar-refractivity contribution in [3.63, 3.8) is 0 Å². The van der Waals surface area contributed by atoms with Crippen LogP contribution in [0.1, 0.15) is 39.6 Å². The quantitative estimate of drug-likeness (QED) is 0.491. The highest BCUT2D eigenvalue weighted by molar-refractivity contribution is 6.11. The lowest BCUT2D eigenvalue weighted by molar-refractivity contribution is 0.0939. The summed E-state index contributed by atoms with van der Waals surface area (Å²) in [5.74, 6) is -2.38. The van der Waals surface area contributed by atoms with E-state index in [0.29, 0.717) is 26.2 Å². The molecule has 1 heterocycles. The molecule has 26 heavy (non-hydrogen) atoms. The standard InChI is InChI=1S/C18H19FN2O5/c1-2-25-7-3-6-21-18(24)14-8-11(10-26-17(14)20)16(23)13-9-12(19)4-5-15(13)22/h4-5,8-10,20,22H,2-3,6-7H2,1H3,(H,21,24). The molecule has 0 saturated heterocycles. The molecule has 2 rings (SSSR count). The van der Waals surface area contributed by atoms with Crippen molar-refractivity contribution in [3.05, 3.63) is 58.6 Å². The number of hydrogen-bond donors (Lipinski definition) is 3. The number of carbonyl (C=O) groups excluding carboxylic acids is 2. The van der Waals surface area contributed by atoms with Gasteiger partial charge >= 0.3 is 0 Å². The van der Waals surface area contributed by atoms with Crippen LogP contribution in [0.15, 0.2) is 34.9 Å². The van der Waals surface area contributed by atoms with Gasteiger partial charge < -0.3 is 19.6 Å². The minimum absolute atomic E-state index is 0.0821. The third-order valence-corrected chi connectivity index (χ3v) is 3.51. The first-order valence-electron chi connectivity index (χ1n) is 8.00. The molecular formula is C18H19FN2O5. The normalized spacial score (nSPS) is 10.5. The molecule has 7 nitrogen and oxygen atoms in total. The third kappa shape index (κ3) is 4.76. The molecule has 0 aliphatic carbocycles. The van der Waals surface area contributed by atoms with Crippen molar-refractivity contribution in [2.45, 2.75) is 13.3 Å².